The minimum atomic E-state index is -0.000917. The molecule has 1 heterocycles. The van der Waals surface area contributed by atoms with E-state index >= 15 is 0 Å². The van der Waals surface area contributed by atoms with Gasteiger partial charge in [-0.2, -0.15) is 0 Å². The fraction of sp³-hybridized carbons (Fsp3) is 0.950. The van der Waals surface area contributed by atoms with Crippen molar-refractivity contribution in [3.8, 4) is 0 Å². The van der Waals surface area contributed by atoms with Crippen LogP contribution in [0.2, 0.25) is 0 Å². The SMILES string of the molecule is CCCCCCCCCCC(CCCC)C1=NC(C)(C)CO1. The first-order valence-corrected chi connectivity index (χ1v) is 9.81. The second-order valence-corrected chi connectivity index (χ2v) is 7.65. The molecule has 0 N–H and O–H groups in total. The monoisotopic (exact) mass is 309 g/mol. The van der Waals surface area contributed by atoms with Gasteiger partial charge < -0.3 is 4.74 Å². The van der Waals surface area contributed by atoms with Crippen LogP contribution < -0.4 is 0 Å². The molecule has 1 atom stereocenters. The smallest absolute Gasteiger partial charge is 0.187 e. The average Bonchev–Trinajstić information content (AvgIpc) is 2.85. The van der Waals surface area contributed by atoms with Crippen molar-refractivity contribution in [1.82, 2.24) is 0 Å². The van der Waals surface area contributed by atoms with Crippen molar-refractivity contribution in [3.63, 3.8) is 0 Å². The van der Waals surface area contributed by atoms with E-state index in [0.717, 1.165) is 12.5 Å². The number of nitrogens with zero attached hydrogens (tertiary/aromatic N) is 1. The highest BCUT2D eigenvalue weighted by atomic mass is 16.5. The molecule has 0 bridgehead atoms. The quantitative estimate of drug-likeness (QED) is 0.354. The molecule has 0 aromatic carbocycles. The third-order valence-electron chi connectivity index (χ3n) is 4.65. The van der Waals surface area contributed by atoms with E-state index in [4.69, 9.17) is 9.73 Å². The van der Waals surface area contributed by atoms with Gasteiger partial charge in [-0.3, -0.25) is 0 Å². The Kier molecular flexibility index (Phi) is 9.82. The molecular formula is C20H39NO. The van der Waals surface area contributed by atoms with Crippen LogP contribution in [0.25, 0.3) is 0 Å². The van der Waals surface area contributed by atoms with Crippen molar-refractivity contribution in [2.24, 2.45) is 10.9 Å². The van der Waals surface area contributed by atoms with E-state index in [1.807, 2.05) is 0 Å². The van der Waals surface area contributed by atoms with Crippen LogP contribution in [0.1, 0.15) is 105 Å². The third-order valence-corrected chi connectivity index (χ3v) is 4.65. The number of aliphatic imine (C=N–C) groups is 1. The second-order valence-electron chi connectivity index (χ2n) is 7.65. The maximum Gasteiger partial charge on any atom is 0.187 e. The predicted molar refractivity (Wildman–Crippen MR) is 97.7 cm³/mol. The lowest BCUT2D eigenvalue weighted by atomic mass is 9.94. The van der Waals surface area contributed by atoms with E-state index in [2.05, 4.69) is 27.7 Å². The van der Waals surface area contributed by atoms with Crippen LogP contribution >= 0.6 is 0 Å². The van der Waals surface area contributed by atoms with Crippen LogP contribution in [0.3, 0.4) is 0 Å². The molecule has 0 radical (unpaired) electrons. The molecule has 1 aliphatic heterocycles. The first kappa shape index (κ1) is 19.5. The summed E-state index contributed by atoms with van der Waals surface area (Å²) in [4.78, 5) is 4.82. The number of rotatable bonds is 13. The summed E-state index contributed by atoms with van der Waals surface area (Å²) in [5, 5.41) is 0. The zero-order valence-corrected chi connectivity index (χ0v) is 15.6. The number of ether oxygens (including phenoxy) is 1. The van der Waals surface area contributed by atoms with E-state index in [1.165, 1.54) is 77.0 Å². The lowest BCUT2D eigenvalue weighted by molar-refractivity contribution is 0.260. The van der Waals surface area contributed by atoms with E-state index < -0.39 is 0 Å². The van der Waals surface area contributed by atoms with Crippen molar-refractivity contribution in [2.75, 3.05) is 6.61 Å². The standard InChI is InChI=1S/C20H39NO/c1-5-7-9-10-11-12-13-14-16-18(15-8-6-2)19-21-20(3,4)17-22-19/h18H,5-17H2,1-4H3. The molecule has 0 amide bonds. The van der Waals surface area contributed by atoms with Crippen molar-refractivity contribution in [1.29, 1.82) is 0 Å². The van der Waals surface area contributed by atoms with Crippen molar-refractivity contribution in [2.45, 2.75) is 110 Å². The van der Waals surface area contributed by atoms with Gasteiger partial charge >= 0.3 is 0 Å². The molecular weight excluding hydrogens is 270 g/mol. The summed E-state index contributed by atoms with van der Waals surface area (Å²) in [5.74, 6) is 1.63. The van der Waals surface area contributed by atoms with E-state index in [-0.39, 0.29) is 5.54 Å². The van der Waals surface area contributed by atoms with Crippen LogP contribution in [0, 0.1) is 5.92 Å². The fourth-order valence-electron chi connectivity index (χ4n) is 3.19. The van der Waals surface area contributed by atoms with Gasteiger partial charge in [0.2, 0.25) is 0 Å². The zero-order valence-electron chi connectivity index (χ0n) is 15.6. The molecule has 0 saturated heterocycles. The second kappa shape index (κ2) is 11.1. The number of hydrogen-bond acceptors (Lipinski definition) is 2. The largest absolute Gasteiger partial charge is 0.478 e. The third kappa shape index (κ3) is 8.19. The molecule has 1 unspecified atom stereocenters. The Morgan fingerprint density at radius 3 is 1.95 bits per heavy atom. The summed E-state index contributed by atoms with van der Waals surface area (Å²) >= 11 is 0. The molecule has 22 heavy (non-hydrogen) atoms. The molecule has 0 aromatic heterocycles. The highest BCUT2D eigenvalue weighted by Crippen LogP contribution is 2.27. The Hall–Kier alpha value is -0.530. The molecule has 2 heteroatoms. The lowest BCUT2D eigenvalue weighted by Gasteiger charge is -2.16. The van der Waals surface area contributed by atoms with Gasteiger partial charge in [-0.1, -0.05) is 78.1 Å². The van der Waals surface area contributed by atoms with Gasteiger partial charge in [0.25, 0.3) is 0 Å². The lowest BCUT2D eigenvalue weighted by Crippen LogP contribution is -2.17. The van der Waals surface area contributed by atoms with Crippen molar-refractivity contribution >= 4 is 5.90 Å². The van der Waals surface area contributed by atoms with E-state index in [0.29, 0.717) is 5.92 Å². The van der Waals surface area contributed by atoms with Gasteiger partial charge in [-0.05, 0) is 26.7 Å². The summed E-state index contributed by atoms with van der Waals surface area (Å²) in [7, 11) is 0. The molecule has 2 nitrogen and oxygen atoms in total. The molecule has 0 aliphatic carbocycles. The van der Waals surface area contributed by atoms with Crippen molar-refractivity contribution in [3.05, 3.63) is 0 Å². The molecule has 0 saturated carbocycles. The molecule has 0 spiro atoms. The van der Waals surface area contributed by atoms with Crippen LogP contribution in [0.5, 0.6) is 0 Å². The van der Waals surface area contributed by atoms with Gasteiger partial charge in [0.1, 0.15) is 6.61 Å². The normalized spacial score (nSPS) is 18.1. The van der Waals surface area contributed by atoms with Crippen LogP contribution in [0.15, 0.2) is 4.99 Å². The maximum atomic E-state index is 5.90. The van der Waals surface area contributed by atoms with Gasteiger partial charge in [0, 0.05) is 5.92 Å². The molecule has 1 rings (SSSR count). The molecule has 0 aromatic rings. The molecule has 130 valence electrons. The first-order valence-electron chi connectivity index (χ1n) is 9.81. The predicted octanol–water partition coefficient (Wildman–Crippen LogP) is 6.53. The summed E-state index contributed by atoms with van der Waals surface area (Å²) in [6.07, 6.45) is 16.2. The molecule has 0 fully saturated rings. The Balaban J connectivity index is 2.22. The Morgan fingerprint density at radius 1 is 0.864 bits per heavy atom. The Labute approximate surface area is 139 Å². The average molecular weight is 310 g/mol. The highest BCUT2D eigenvalue weighted by Gasteiger charge is 2.30. The Bertz CT molecular complexity index is 309. The van der Waals surface area contributed by atoms with E-state index in [1.54, 1.807) is 0 Å². The number of hydrogen-bond donors (Lipinski definition) is 0. The van der Waals surface area contributed by atoms with Crippen LogP contribution in [0.4, 0.5) is 0 Å². The van der Waals surface area contributed by atoms with Gasteiger partial charge in [-0.15, -0.1) is 0 Å². The van der Waals surface area contributed by atoms with E-state index in [9.17, 15) is 0 Å². The highest BCUT2D eigenvalue weighted by molar-refractivity contribution is 5.80. The number of unbranched alkanes of at least 4 members (excludes halogenated alkanes) is 8. The zero-order chi connectivity index (χ0) is 16.3. The Morgan fingerprint density at radius 2 is 1.41 bits per heavy atom. The minimum Gasteiger partial charge on any atom is -0.478 e. The maximum absolute atomic E-state index is 5.90. The van der Waals surface area contributed by atoms with Gasteiger partial charge in [0.05, 0.1) is 5.54 Å². The first-order chi connectivity index (χ1) is 10.6. The summed E-state index contributed by atoms with van der Waals surface area (Å²) in [6, 6.07) is 0. The summed E-state index contributed by atoms with van der Waals surface area (Å²) < 4.78 is 5.90. The fourth-order valence-corrected chi connectivity index (χ4v) is 3.19. The van der Waals surface area contributed by atoms with Crippen molar-refractivity contribution < 1.29 is 4.74 Å². The van der Waals surface area contributed by atoms with Gasteiger partial charge in [0.15, 0.2) is 5.90 Å². The molecule has 1 aliphatic rings. The van der Waals surface area contributed by atoms with Crippen LogP contribution in [-0.2, 0) is 4.74 Å². The summed E-state index contributed by atoms with van der Waals surface area (Å²) in [6.45, 7) is 9.67. The minimum absolute atomic E-state index is 0.000917. The van der Waals surface area contributed by atoms with Crippen LogP contribution in [-0.4, -0.2) is 18.0 Å². The topological polar surface area (TPSA) is 21.6 Å². The van der Waals surface area contributed by atoms with Gasteiger partial charge in [-0.25, -0.2) is 4.99 Å². The summed E-state index contributed by atoms with van der Waals surface area (Å²) in [5.41, 5.74) is -0.000917.